The van der Waals surface area contributed by atoms with E-state index in [-0.39, 0.29) is 0 Å². The Labute approximate surface area is 761 Å². The SMILES string of the molecule is CC1C(O)[C@H](OC2OC(CO)[C@H](O)[C@H](O[C@]3(C(=O)O)C[C@@H](O)[C@@H](N)C(C(O)C(O)CO)O3)C2O)[C@H](CO)O[C@H]1O[C@@H]1C(O)[C@H](O)C(CO)O[C@@H]1OCC1O[C@@H](O[C@@H]2C(CO)O[C@@H](O[C@@H]3C(CO)O[C@@H](C)[C@@H](C)C3O)[C@@H](C)C2O)[C@H](O)C(O[C@H]2O[C@H](CO)[C@@H](O)C(O)C2O[C@@H]2OC(CO)[C@@H](O[C@@H]3OC(CO[C@]4(C(=O)O)C[C@@H](O)[C@@H](N)C(C(O)C(O)CO)O4)[C@H](O)C(O)[C@@H]3O)C(O)[C@@H]2C)[C@@H]1O. The zero-order valence-electron chi connectivity index (χ0n) is 72.8. The first-order chi connectivity index (χ1) is 63.2. The largest absolute Gasteiger partial charge is 0.477 e. The van der Waals surface area contributed by atoms with Gasteiger partial charge in [0.1, 0.15) is 208 Å². The van der Waals surface area contributed by atoms with Gasteiger partial charge in [-0.15, -0.1) is 0 Å². The molecule has 0 spiro atoms. The quantitative estimate of drug-likeness (QED) is 0.0275. The van der Waals surface area contributed by atoms with Crippen LogP contribution in [0.4, 0.5) is 0 Å². The van der Waals surface area contributed by atoms with Gasteiger partial charge >= 0.3 is 11.9 Å². The van der Waals surface area contributed by atoms with E-state index in [1.807, 2.05) is 0 Å². The summed E-state index contributed by atoms with van der Waals surface area (Å²) in [5, 5.41) is 355. The Morgan fingerprint density at radius 2 is 0.619 bits per heavy atom. The van der Waals surface area contributed by atoms with Crippen molar-refractivity contribution in [1.29, 1.82) is 0 Å². The zero-order chi connectivity index (χ0) is 99.0. The summed E-state index contributed by atoms with van der Waals surface area (Å²) in [4.78, 5) is 25.9. The predicted molar refractivity (Wildman–Crippen MR) is 417 cm³/mol. The van der Waals surface area contributed by atoms with Crippen LogP contribution in [0.25, 0.3) is 0 Å². The summed E-state index contributed by atoms with van der Waals surface area (Å²) in [6, 6.07) is -3.25. The van der Waals surface area contributed by atoms with Gasteiger partial charge in [0.2, 0.25) is 0 Å². The molecule has 0 amide bonds. The van der Waals surface area contributed by atoms with Gasteiger partial charge in [-0.25, -0.2) is 9.59 Å². The third-order valence-electron chi connectivity index (χ3n) is 26.8. The second-order valence-electron chi connectivity index (χ2n) is 35.7. The monoisotopic (exact) mass is 1960 g/mol. The highest BCUT2D eigenvalue weighted by atomic mass is 16.8. The van der Waals surface area contributed by atoms with Crippen LogP contribution in [-0.2, 0) is 109 Å². The number of nitrogens with two attached hydrogens (primary N) is 2. The standard InChI is InChI=1S/C77H132N2O55/c1-19-23(5)116-31(13-85)56(39(19)93)125-66-20(2)40(94)58(33(15-87)120-66)127-70-54(108)62(129-73-65(52(106)46(100)29(11-83)119-73)131-68-22(4)41(95)57(32(14-86)122-68)126-69-53(107)50(104)47(101)36(124-69)18-115-76(74(110)111)6-24(89)37(78)60(132-76)43(97)26(91)8-80)49(103)35(123-70)17-114-72-64(51(105)45(99)28(10-82)118-72)130-67-21(3)42(96)59(34(16-88)121-67)128-71-55(109)63(48(102)30(12-84)117-71)134-77(75(112)113)7-25(90)38(79)61(133-77)44(98)27(92)9-81/h19-73,80-109H,6-18,78-79H2,1-5H3,(H,110,111)(H,112,113)/t19-,20+,21?,22+,23+,24-,25-,26?,27?,28?,29-,30?,31?,32?,33?,34+,35?,36?,37-,38-,39?,40?,41?,42?,43?,44?,45-,46-,47+,48+,49-,50?,51?,52?,53+,54-,55?,56-,57-,58-,59-,60?,61?,62?,63+,64-,65?,66+,67+,68+,69+,70+,71?,72+,73-,76-,77+/m1/s1. The first-order valence-electron chi connectivity index (χ1n) is 43.7. The van der Waals surface area contributed by atoms with Gasteiger partial charge in [-0.2, -0.15) is 0 Å². The number of carboxylic acids is 2. The molecule has 0 aliphatic carbocycles. The van der Waals surface area contributed by atoms with Crippen LogP contribution in [0, 0.1) is 23.7 Å². The molecule has 57 atom stereocenters. The Morgan fingerprint density at radius 3 is 1.04 bits per heavy atom. The Balaban J connectivity index is 0.839. The van der Waals surface area contributed by atoms with E-state index in [0.29, 0.717) is 0 Å². The molecule has 36 N–H and O–H groups in total. The Kier molecular flexibility index (Phi) is 39.1. The molecular formula is C77H132N2O55. The molecule has 57 nitrogen and oxygen atoms in total. The summed E-state index contributed by atoms with van der Waals surface area (Å²) >= 11 is 0. The van der Waals surface area contributed by atoms with Crippen molar-refractivity contribution < 1.29 is 272 Å². The van der Waals surface area contributed by atoms with E-state index in [4.69, 9.17) is 111 Å². The first-order valence-corrected chi connectivity index (χ1v) is 43.7. The van der Waals surface area contributed by atoms with E-state index in [1.54, 1.807) is 13.8 Å². The zero-order valence-corrected chi connectivity index (χ0v) is 72.8. The summed E-state index contributed by atoms with van der Waals surface area (Å²) in [5.41, 5.74) is 12.0. The predicted octanol–water partition coefficient (Wildman–Crippen LogP) is -20.5. The van der Waals surface area contributed by atoms with Crippen LogP contribution in [0.2, 0.25) is 0 Å². The average molecular weight is 1970 g/mol. The van der Waals surface area contributed by atoms with Crippen LogP contribution in [0.3, 0.4) is 0 Å². The second kappa shape index (κ2) is 47.1. The van der Waals surface area contributed by atoms with Gasteiger partial charge in [0.05, 0.1) is 127 Å². The van der Waals surface area contributed by atoms with Crippen molar-refractivity contribution in [2.75, 3.05) is 72.7 Å². The van der Waals surface area contributed by atoms with Crippen LogP contribution < -0.4 is 11.5 Å². The van der Waals surface area contributed by atoms with Gasteiger partial charge in [-0.1, -0.05) is 27.7 Å². The fourth-order valence-corrected chi connectivity index (χ4v) is 18.1. The van der Waals surface area contributed by atoms with Crippen LogP contribution in [0.1, 0.15) is 47.5 Å². The maximum Gasteiger partial charge on any atom is 0.364 e. The summed E-state index contributed by atoms with van der Waals surface area (Å²) < 4.78 is 126. The summed E-state index contributed by atoms with van der Waals surface area (Å²) in [6.07, 6.45) is -99.7. The molecule has 11 saturated heterocycles. The minimum absolute atomic E-state index is 0.586. The van der Waals surface area contributed by atoms with E-state index < -0.39 is 445 Å². The minimum atomic E-state index is -3.17. The normalized spacial score (nSPS) is 50.9. The van der Waals surface area contributed by atoms with E-state index in [9.17, 15) is 173 Å². The van der Waals surface area contributed by atoms with Gasteiger partial charge in [-0.3, -0.25) is 0 Å². The molecule has 0 aromatic rings. The number of hydrogen-bond donors (Lipinski definition) is 34. The van der Waals surface area contributed by atoms with Crippen molar-refractivity contribution in [2.24, 2.45) is 35.1 Å². The van der Waals surface area contributed by atoms with Crippen molar-refractivity contribution in [3.8, 4) is 0 Å². The summed E-state index contributed by atoms with van der Waals surface area (Å²) in [7, 11) is 0. The van der Waals surface area contributed by atoms with Crippen LogP contribution in [0.5, 0.6) is 0 Å². The van der Waals surface area contributed by atoms with Gasteiger partial charge in [0.15, 0.2) is 50.3 Å². The van der Waals surface area contributed by atoms with Crippen molar-refractivity contribution in [3.05, 3.63) is 0 Å². The molecule has 0 bridgehead atoms. The number of hydrogen-bond acceptors (Lipinski definition) is 55. The third-order valence-corrected chi connectivity index (χ3v) is 26.8. The van der Waals surface area contributed by atoms with Crippen LogP contribution in [-0.4, -0.2) is 572 Å². The number of carbonyl (C=O) groups is 2. The Hall–Kier alpha value is -3.18. The lowest BCUT2D eigenvalue weighted by atomic mass is 9.88. The highest BCUT2D eigenvalue weighted by molar-refractivity contribution is 5.76. The number of carboxylic acid groups (broad SMARTS) is 2. The molecule has 11 fully saturated rings. The fraction of sp³-hybridized carbons (Fsp3) is 0.974. The molecule has 11 rings (SSSR count). The molecule has 134 heavy (non-hydrogen) atoms. The number of ether oxygens (including phenoxy) is 21. The number of rotatable bonds is 37. The average Bonchev–Trinajstić information content (AvgIpc) is 0.748. The highest BCUT2D eigenvalue weighted by Crippen LogP contribution is 2.45. The number of aliphatic carboxylic acids is 2. The van der Waals surface area contributed by atoms with Crippen LogP contribution in [0.15, 0.2) is 0 Å². The lowest BCUT2D eigenvalue weighted by molar-refractivity contribution is -0.403. The maximum absolute atomic E-state index is 13.1. The molecule has 780 valence electrons. The third kappa shape index (κ3) is 23.0. The molecule has 11 heterocycles. The molecule has 0 radical (unpaired) electrons. The highest BCUT2D eigenvalue weighted by Gasteiger charge is 2.64. The van der Waals surface area contributed by atoms with E-state index >= 15 is 0 Å². The molecule has 57 heteroatoms. The summed E-state index contributed by atoms with van der Waals surface area (Å²) in [6.45, 7) is -4.79. The van der Waals surface area contributed by atoms with Gasteiger partial charge in [-0.05, 0) is 6.92 Å². The Morgan fingerprint density at radius 1 is 0.313 bits per heavy atom. The molecule has 11 aliphatic heterocycles. The maximum atomic E-state index is 13.1. The van der Waals surface area contributed by atoms with Crippen molar-refractivity contribution in [1.82, 2.24) is 0 Å². The number of aliphatic hydroxyl groups excluding tert-OH is 30. The Bertz CT molecular complexity index is 3610. The molecule has 25 unspecified atom stereocenters. The van der Waals surface area contributed by atoms with Gasteiger partial charge in [0, 0.05) is 36.5 Å². The number of aliphatic hydroxyl groups is 30. The van der Waals surface area contributed by atoms with E-state index in [0.717, 1.165) is 0 Å². The molecule has 0 saturated carbocycles. The first kappa shape index (κ1) is 111. The van der Waals surface area contributed by atoms with Gasteiger partial charge in [0.25, 0.3) is 11.6 Å². The topological polar surface area (TPSA) is 927 Å². The summed E-state index contributed by atoms with van der Waals surface area (Å²) in [5.74, 6) is -15.0. The molecule has 11 aliphatic rings. The van der Waals surface area contributed by atoms with E-state index in [1.165, 1.54) is 20.8 Å². The smallest absolute Gasteiger partial charge is 0.364 e. The van der Waals surface area contributed by atoms with Gasteiger partial charge < -0.3 is 274 Å². The van der Waals surface area contributed by atoms with Crippen molar-refractivity contribution >= 4 is 11.9 Å². The van der Waals surface area contributed by atoms with Crippen molar-refractivity contribution in [3.63, 3.8) is 0 Å². The van der Waals surface area contributed by atoms with Crippen molar-refractivity contribution in [2.45, 2.75) is 372 Å². The molecule has 0 aromatic heterocycles. The lowest BCUT2D eigenvalue weighted by Gasteiger charge is -2.51. The minimum Gasteiger partial charge on any atom is -0.477 e. The van der Waals surface area contributed by atoms with Crippen LogP contribution >= 0.6 is 0 Å². The lowest BCUT2D eigenvalue weighted by Crippen LogP contribution is -2.70. The van der Waals surface area contributed by atoms with E-state index in [2.05, 4.69) is 0 Å². The fourth-order valence-electron chi connectivity index (χ4n) is 18.1. The molecular weight excluding hydrogens is 1830 g/mol. The second-order valence-corrected chi connectivity index (χ2v) is 35.7. The molecule has 0 aromatic carbocycles.